The first-order valence-electron chi connectivity index (χ1n) is 8.04. The zero-order chi connectivity index (χ0) is 16.9. The SMILES string of the molecule is c1ccc(OCc2noc(-c3cc(N4CCOCC4)ncn3)n2)cc1. The van der Waals surface area contributed by atoms with E-state index in [1.54, 1.807) is 0 Å². The van der Waals surface area contributed by atoms with Crippen LogP contribution in [0.15, 0.2) is 47.2 Å². The van der Waals surface area contributed by atoms with Crippen molar-refractivity contribution in [1.82, 2.24) is 20.1 Å². The van der Waals surface area contributed by atoms with Crippen molar-refractivity contribution in [3.8, 4) is 17.3 Å². The Morgan fingerprint density at radius 3 is 2.76 bits per heavy atom. The van der Waals surface area contributed by atoms with Gasteiger partial charge in [0.2, 0.25) is 5.82 Å². The van der Waals surface area contributed by atoms with Crippen LogP contribution in [-0.4, -0.2) is 46.4 Å². The molecule has 0 N–H and O–H groups in total. The lowest BCUT2D eigenvalue weighted by Gasteiger charge is -2.27. The first-order chi connectivity index (χ1) is 12.4. The molecule has 0 amide bonds. The summed E-state index contributed by atoms with van der Waals surface area (Å²) in [6, 6.07) is 11.3. The van der Waals surface area contributed by atoms with Gasteiger partial charge in [0.05, 0.1) is 13.2 Å². The van der Waals surface area contributed by atoms with E-state index in [9.17, 15) is 0 Å². The molecule has 1 aliphatic rings. The van der Waals surface area contributed by atoms with E-state index in [1.165, 1.54) is 6.33 Å². The molecule has 1 aromatic carbocycles. The van der Waals surface area contributed by atoms with Crippen LogP contribution in [0.2, 0.25) is 0 Å². The Labute approximate surface area is 144 Å². The number of aromatic nitrogens is 4. The summed E-state index contributed by atoms with van der Waals surface area (Å²) in [7, 11) is 0. The van der Waals surface area contributed by atoms with E-state index in [0.29, 0.717) is 30.6 Å². The van der Waals surface area contributed by atoms with Crippen LogP contribution >= 0.6 is 0 Å². The molecule has 0 saturated carbocycles. The number of para-hydroxylation sites is 1. The highest BCUT2D eigenvalue weighted by Crippen LogP contribution is 2.20. The number of rotatable bonds is 5. The number of nitrogens with zero attached hydrogens (tertiary/aromatic N) is 5. The van der Waals surface area contributed by atoms with Gasteiger partial charge in [-0.1, -0.05) is 23.4 Å². The van der Waals surface area contributed by atoms with Gasteiger partial charge in [-0.15, -0.1) is 0 Å². The quantitative estimate of drug-likeness (QED) is 0.697. The zero-order valence-electron chi connectivity index (χ0n) is 13.5. The largest absolute Gasteiger partial charge is 0.485 e. The molecule has 0 bridgehead atoms. The normalized spacial score (nSPS) is 14.5. The van der Waals surface area contributed by atoms with Crippen LogP contribution in [0.5, 0.6) is 5.75 Å². The maximum Gasteiger partial charge on any atom is 0.276 e. The number of benzene rings is 1. The predicted molar refractivity (Wildman–Crippen MR) is 89.1 cm³/mol. The second kappa shape index (κ2) is 7.27. The Morgan fingerprint density at radius 2 is 1.92 bits per heavy atom. The molecule has 8 heteroatoms. The molecule has 8 nitrogen and oxygen atoms in total. The van der Waals surface area contributed by atoms with Crippen LogP contribution in [-0.2, 0) is 11.3 Å². The number of ether oxygens (including phenoxy) is 2. The lowest BCUT2D eigenvalue weighted by Crippen LogP contribution is -2.36. The summed E-state index contributed by atoms with van der Waals surface area (Å²) in [4.78, 5) is 15.0. The first-order valence-corrected chi connectivity index (χ1v) is 8.04. The van der Waals surface area contributed by atoms with Crippen molar-refractivity contribution in [2.45, 2.75) is 6.61 Å². The lowest BCUT2D eigenvalue weighted by molar-refractivity contribution is 0.122. The molecule has 4 rings (SSSR count). The first kappa shape index (κ1) is 15.5. The lowest BCUT2D eigenvalue weighted by atomic mass is 10.3. The second-order valence-electron chi connectivity index (χ2n) is 5.48. The van der Waals surface area contributed by atoms with Crippen LogP contribution < -0.4 is 9.64 Å². The molecular formula is C17H17N5O3. The van der Waals surface area contributed by atoms with Gasteiger partial charge in [0.1, 0.15) is 23.6 Å². The summed E-state index contributed by atoms with van der Waals surface area (Å²) < 4.78 is 16.3. The van der Waals surface area contributed by atoms with Crippen molar-refractivity contribution < 1.29 is 14.0 Å². The Hall–Kier alpha value is -3.00. The molecule has 25 heavy (non-hydrogen) atoms. The van der Waals surface area contributed by atoms with E-state index in [1.807, 2.05) is 36.4 Å². The topological polar surface area (TPSA) is 86.4 Å². The third-order valence-corrected chi connectivity index (χ3v) is 3.79. The fraction of sp³-hybridized carbons (Fsp3) is 0.294. The van der Waals surface area contributed by atoms with Crippen molar-refractivity contribution in [3.63, 3.8) is 0 Å². The number of hydrogen-bond donors (Lipinski definition) is 0. The summed E-state index contributed by atoms with van der Waals surface area (Å²) in [5.41, 5.74) is 0.593. The summed E-state index contributed by atoms with van der Waals surface area (Å²) in [5.74, 6) is 2.40. The highest BCUT2D eigenvalue weighted by Gasteiger charge is 2.16. The smallest absolute Gasteiger partial charge is 0.276 e. The van der Waals surface area contributed by atoms with Crippen LogP contribution in [0.1, 0.15) is 5.82 Å². The van der Waals surface area contributed by atoms with Crippen LogP contribution in [0, 0.1) is 0 Å². The van der Waals surface area contributed by atoms with Gasteiger partial charge in [0, 0.05) is 19.2 Å². The average molecular weight is 339 g/mol. The van der Waals surface area contributed by atoms with Gasteiger partial charge >= 0.3 is 0 Å². The van der Waals surface area contributed by atoms with E-state index >= 15 is 0 Å². The van der Waals surface area contributed by atoms with Gasteiger partial charge in [-0.3, -0.25) is 0 Å². The molecular weight excluding hydrogens is 322 g/mol. The van der Waals surface area contributed by atoms with Gasteiger partial charge in [-0.05, 0) is 12.1 Å². The van der Waals surface area contributed by atoms with Gasteiger partial charge in [0.25, 0.3) is 5.89 Å². The monoisotopic (exact) mass is 339 g/mol. The molecule has 0 atom stereocenters. The molecule has 3 heterocycles. The van der Waals surface area contributed by atoms with E-state index in [2.05, 4.69) is 25.0 Å². The van der Waals surface area contributed by atoms with Crippen molar-refractivity contribution in [2.24, 2.45) is 0 Å². The third kappa shape index (κ3) is 3.74. The highest BCUT2D eigenvalue weighted by molar-refractivity contribution is 5.54. The number of morpholine rings is 1. The van der Waals surface area contributed by atoms with Gasteiger partial charge < -0.3 is 18.9 Å². The standard InChI is InChI=1S/C17H17N5O3/c1-2-4-13(5-3-1)24-11-15-20-17(25-21-15)14-10-16(19-12-18-14)22-6-8-23-9-7-22/h1-5,10,12H,6-9,11H2. The Morgan fingerprint density at radius 1 is 1.08 bits per heavy atom. The predicted octanol–water partition coefficient (Wildman–Crippen LogP) is 1.94. The molecule has 3 aromatic rings. The fourth-order valence-electron chi connectivity index (χ4n) is 2.51. The van der Waals surface area contributed by atoms with Crippen LogP contribution in [0.4, 0.5) is 5.82 Å². The Kier molecular flexibility index (Phi) is 4.51. The molecule has 128 valence electrons. The summed E-state index contributed by atoms with van der Waals surface area (Å²) in [6.45, 7) is 3.23. The Bertz CT molecular complexity index is 818. The van der Waals surface area contributed by atoms with Gasteiger partial charge in [-0.25, -0.2) is 9.97 Å². The summed E-state index contributed by atoms with van der Waals surface area (Å²) in [5, 5.41) is 3.94. The molecule has 1 saturated heterocycles. The maximum atomic E-state index is 5.62. The van der Waals surface area contributed by atoms with E-state index in [0.717, 1.165) is 24.7 Å². The van der Waals surface area contributed by atoms with E-state index < -0.39 is 0 Å². The van der Waals surface area contributed by atoms with Gasteiger partial charge in [0.15, 0.2) is 6.61 Å². The van der Waals surface area contributed by atoms with Crippen molar-refractivity contribution >= 4 is 5.82 Å². The van der Waals surface area contributed by atoms with Crippen molar-refractivity contribution in [2.75, 3.05) is 31.2 Å². The molecule has 0 aliphatic carbocycles. The summed E-state index contributed by atoms with van der Waals surface area (Å²) in [6.07, 6.45) is 1.50. The molecule has 1 fully saturated rings. The minimum atomic E-state index is 0.231. The zero-order valence-corrected chi connectivity index (χ0v) is 13.5. The molecule has 0 radical (unpaired) electrons. The molecule has 0 spiro atoms. The minimum absolute atomic E-state index is 0.231. The fourth-order valence-corrected chi connectivity index (χ4v) is 2.51. The summed E-state index contributed by atoms with van der Waals surface area (Å²) >= 11 is 0. The maximum absolute atomic E-state index is 5.62. The van der Waals surface area contributed by atoms with Crippen LogP contribution in [0.25, 0.3) is 11.6 Å². The second-order valence-corrected chi connectivity index (χ2v) is 5.48. The van der Waals surface area contributed by atoms with E-state index in [4.69, 9.17) is 14.0 Å². The van der Waals surface area contributed by atoms with Crippen molar-refractivity contribution in [3.05, 3.63) is 48.5 Å². The molecule has 1 aliphatic heterocycles. The van der Waals surface area contributed by atoms with Crippen molar-refractivity contribution in [1.29, 1.82) is 0 Å². The minimum Gasteiger partial charge on any atom is -0.485 e. The third-order valence-electron chi connectivity index (χ3n) is 3.79. The number of anilines is 1. The van der Waals surface area contributed by atoms with Gasteiger partial charge in [-0.2, -0.15) is 4.98 Å². The average Bonchev–Trinajstić information content (AvgIpc) is 3.17. The number of hydrogen-bond acceptors (Lipinski definition) is 8. The van der Waals surface area contributed by atoms with Crippen LogP contribution in [0.3, 0.4) is 0 Å². The molecule has 0 unspecified atom stereocenters. The van der Waals surface area contributed by atoms with E-state index in [-0.39, 0.29) is 6.61 Å². The molecule has 2 aromatic heterocycles. The Balaban J connectivity index is 1.46. The highest BCUT2D eigenvalue weighted by atomic mass is 16.5.